The maximum atomic E-state index is 14.4. The first-order valence-corrected chi connectivity index (χ1v) is 17.8. The second-order valence-electron chi connectivity index (χ2n) is 14.5. The minimum absolute atomic E-state index is 0.0106. The molecule has 2 saturated heterocycles. The van der Waals surface area contributed by atoms with E-state index in [9.17, 15) is 14.4 Å². The largest absolute Gasteiger partial charge is 0.361 e. The zero-order chi connectivity index (χ0) is 34.0. The first-order chi connectivity index (χ1) is 23.8. The number of benzene rings is 3. The number of hydrogen-bond donors (Lipinski definition) is 3. The quantitative estimate of drug-likeness (QED) is 0.243. The van der Waals surface area contributed by atoms with Gasteiger partial charge in [0.05, 0.1) is 5.92 Å². The number of likely N-dealkylation sites (tertiary alicyclic amines) is 2. The van der Waals surface area contributed by atoms with Gasteiger partial charge >= 0.3 is 6.03 Å². The van der Waals surface area contributed by atoms with E-state index in [1.54, 1.807) is 4.90 Å². The summed E-state index contributed by atoms with van der Waals surface area (Å²) >= 11 is 0. The second kappa shape index (κ2) is 14.1. The summed E-state index contributed by atoms with van der Waals surface area (Å²) in [5.41, 5.74) is 5.53. The summed E-state index contributed by atoms with van der Waals surface area (Å²) in [7, 11) is 3.65. The third-order valence-electron chi connectivity index (χ3n) is 11.1. The Balaban J connectivity index is 1.05. The maximum Gasteiger partial charge on any atom is 0.315 e. The van der Waals surface area contributed by atoms with Crippen molar-refractivity contribution >= 4 is 28.7 Å². The number of hydrogen-bond acceptors (Lipinski definition) is 4. The fourth-order valence-corrected chi connectivity index (χ4v) is 8.54. The Morgan fingerprint density at radius 1 is 0.939 bits per heavy atom. The van der Waals surface area contributed by atoms with Crippen LogP contribution in [0.1, 0.15) is 60.3 Å². The summed E-state index contributed by atoms with van der Waals surface area (Å²) in [4.78, 5) is 50.5. The van der Waals surface area contributed by atoms with Gasteiger partial charge in [0, 0.05) is 75.3 Å². The first-order valence-electron chi connectivity index (χ1n) is 17.8. The molecule has 49 heavy (non-hydrogen) atoms. The lowest BCUT2D eigenvalue weighted by molar-refractivity contribution is -0.135. The van der Waals surface area contributed by atoms with Crippen LogP contribution in [-0.4, -0.2) is 89.9 Å². The fraction of sp³-hybridized carbons (Fsp3) is 0.425. The highest BCUT2D eigenvalue weighted by Crippen LogP contribution is 2.52. The lowest BCUT2D eigenvalue weighted by atomic mass is 9.73. The van der Waals surface area contributed by atoms with Crippen molar-refractivity contribution < 1.29 is 14.4 Å². The summed E-state index contributed by atoms with van der Waals surface area (Å²) in [6.07, 6.45) is 6.62. The molecular weight excluding hydrogens is 612 g/mol. The Morgan fingerprint density at radius 3 is 2.47 bits per heavy atom. The van der Waals surface area contributed by atoms with Gasteiger partial charge in [0.15, 0.2) is 0 Å². The van der Waals surface area contributed by atoms with Crippen LogP contribution < -0.4 is 10.6 Å². The van der Waals surface area contributed by atoms with Crippen molar-refractivity contribution in [1.29, 1.82) is 0 Å². The van der Waals surface area contributed by atoms with E-state index in [0.717, 1.165) is 73.8 Å². The van der Waals surface area contributed by atoms with Gasteiger partial charge < -0.3 is 25.4 Å². The number of carbonyl (C=O) groups is 3. The summed E-state index contributed by atoms with van der Waals surface area (Å²) in [5.74, 6) is -0.0772. The molecule has 4 aromatic rings. The van der Waals surface area contributed by atoms with Crippen LogP contribution >= 0.6 is 0 Å². The molecule has 1 aromatic heterocycles. The topological polar surface area (TPSA) is 101 Å². The summed E-state index contributed by atoms with van der Waals surface area (Å²) in [6.45, 7) is 3.80. The number of piperidine rings is 2. The molecule has 1 spiro atoms. The smallest absolute Gasteiger partial charge is 0.315 e. The van der Waals surface area contributed by atoms with Crippen LogP contribution in [0.2, 0.25) is 0 Å². The maximum absolute atomic E-state index is 14.4. The van der Waals surface area contributed by atoms with E-state index in [4.69, 9.17) is 0 Å². The molecule has 0 radical (unpaired) electrons. The number of para-hydroxylation sites is 1. The fourth-order valence-electron chi connectivity index (χ4n) is 8.54. The number of H-pyrrole nitrogens is 1. The van der Waals surface area contributed by atoms with Crippen molar-refractivity contribution in [3.63, 3.8) is 0 Å². The molecule has 1 aliphatic carbocycles. The Hall–Kier alpha value is -4.63. The lowest BCUT2D eigenvalue weighted by Gasteiger charge is -2.41. The number of carbonyl (C=O) groups excluding carboxylic acids is 3. The highest BCUT2D eigenvalue weighted by atomic mass is 16.2. The number of nitrogens with one attached hydrogen (secondary N) is 3. The Morgan fingerprint density at radius 2 is 1.67 bits per heavy atom. The molecule has 0 bridgehead atoms. The van der Waals surface area contributed by atoms with Crippen molar-refractivity contribution in [2.45, 2.75) is 68.5 Å². The van der Waals surface area contributed by atoms with Crippen molar-refractivity contribution in [3.8, 4) is 0 Å². The Labute approximate surface area is 289 Å². The molecule has 3 aromatic carbocycles. The molecule has 3 heterocycles. The SMILES string of the molecule is CN(C)C(=O)C1CC2(CCN(C(=O)C(Cc3c[nH]c4ccccc34)NC(=O)NC3CCCN(Cc4ccccc4)C3)CC2)c2ccccc21. The number of fused-ring (bicyclic) bond motifs is 3. The van der Waals surface area contributed by atoms with Crippen molar-refractivity contribution in [1.82, 2.24) is 30.3 Å². The van der Waals surface area contributed by atoms with E-state index in [2.05, 4.69) is 69.0 Å². The molecule has 3 aliphatic rings. The van der Waals surface area contributed by atoms with Crippen molar-refractivity contribution in [2.24, 2.45) is 0 Å². The lowest BCUT2D eigenvalue weighted by Crippen LogP contribution is -2.57. The number of urea groups is 1. The van der Waals surface area contributed by atoms with Gasteiger partial charge in [0.2, 0.25) is 11.8 Å². The standard InChI is InChI=1S/C40H48N6O3/c1-44(2)37(47)33-24-40(34-16-8-6-15-32(33)34)18-21-46(22-19-40)38(48)36(23-29-25-41-35-17-9-7-14-31(29)35)43-39(49)42-30-13-10-20-45(27-30)26-28-11-4-3-5-12-28/h3-9,11-12,14-17,25,30,33,36,41H,10,13,18-24,26-27H2,1-2H3,(H2,42,43,49). The van der Waals surface area contributed by atoms with Gasteiger partial charge in [-0.15, -0.1) is 0 Å². The minimum Gasteiger partial charge on any atom is -0.361 e. The number of nitrogens with zero attached hydrogens (tertiary/aromatic N) is 3. The Bertz CT molecular complexity index is 1790. The molecule has 9 nitrogen and oxygen atoms in total. The van der Waals surface area contributed by atoms with Gasteiger partial charge in [0.25, 0.3) is 0 Å². The van der Waals surface area contributed by atoms with Crippen LogP contribution in [0.4, 0.5) is 4.79 Å². The molecule has 256 valence electrons. The van der Waals surface area contributed by atoms with E-state index >= 15 is 0 Å². The summed E-state index contributed by atoms with van der Waals surface area (Å²) in [5, 5.41) is 7.38. The third kappa shape index (κ3) is 6.95. The molecule has 3 atom stereocenters. The summed E-state index contributed by atoms with van der Waals surface area (Å²) < 4.78 is 0. The van der Waals surface area contributed by atoms with E-state index in [1.165, 1.54) is 11.1 Å². The zero-order valence-electron chi connectivity index (χ0n) is 28.7. The summed E-state index contributed by atoms with van der Waals surface area (Å²) in [6, 6.07) is 25.9. The van der Waals surface area contributed by atoms with E-state index in [1.807, 2.05) is 55.5 Å². The predicted molar refractivity (Wildman–Crippen MR) is 192 cm³/mol. The number of rotatable bonds is 8. The van der Waals surface area contributed by atoms with Crippen LogP contribution in [-0.2, 0) is 28.0 Å². The van der Waals surface area contributed by atoms with Crippen molar-refractivity contribution in [3.05, 3.63) is 107 Å². The van der Waals surface area contributed by atoms with Crippen LogP contribution in [0.15, 0.2) is 85.1 Å². The molecule has 2 aliphatic heterocycles. The van der Waals surface area contributed by atoms with Crippen LogP contribution in [0, 0.1) is 0 Å². The average Bonchev–Trinajstić information content (AvgIpc) is 3.67. The van der Waals surface area contributed by atoms with Gasteiger partial charge in [0.1, 0.15) is 6.04 Å². The molecule has 4 amide bonds. The van der Waals surface area contributed by atoms with Crippen LogP contribution in [0.5, 0.6) is 0 Å². The molecule has 7 rings (SSSR count). The van der Waals surface area contributed by atoms with Gasteiger partial charge in [-0.25, -0.2) is 4.79 Å². The highest BCUT2D eigenvalue weighted by Gasteiger charge is 2.48. The number of amides is 4. The third-order valence-corrected chi connectivity index (χ3v) is 11.1. The van der Waals surface area contributed by atoms with E-state index in [-0.39, 0.29) is 35.2 Å². The van der Waals surface area contributed by atoms with Crippen molar-refractivity contribution in [2.75, 3.05) is 40.3 Å². The van der Waals surface area contributed by atoms with Gasteiger partial charge in [-0.3, -0.25) is 14.5 Å². The predicted octanol–water partition coefficient (Wildman–Crippen LogP) is 5.18. The molecular formula is C40H48N6O3. The molecule has 0 saturated carbocycles. The molecule has 9 heteroatoms. The zero-order valence-corrected chi connectivity index (χ0v) is 28.7. The van der Waals surface area contributed by atoms with E-state index < -0.39 is 6.04 Å². The minimum atomic E-state index is -0.712. The first kappa shape index (κ1) is 32.9. The Kier molecular flexibility index (Phi) is 9.45. The monoisotopic (exact) mass is 660 g/mol. The van der Waals surface area contributed by atoms with Crippen LogP contribution in [0.3, 0.4) is 0 Å². The number of likely N-dealkylation sites (N-methyl/N-ethyl adjacent to an activating group) is 1. The molecule has 2 fully saturated rings. The van der Waals surface area contributed by atoms with Gasteiger partial charge in [-0.05, 0) is 67.0 Å². The van der Waals surface area contributed by atoms with E-state index in [0.29, 0.717) is 19.5 Å². The second-order valence-corrected chi connectivity index (χ2v) is 14.5. The normalized spacial score (nSPS) is 20.9. The number of aromatic amines is 1. The average molecular weight is 661 g/mol. The van der Waals surface area contributed by atoms with Gasteiger partial charge in [-0.2, -0.15) is 0 Å². The van der Waals surface area contributed by atoms with Gasteiger partial charge in [-0.1, -0.05) is 72.8 Å². The highest BCUT2D eigenvalue weighted by molar-refractivity contribution is 5.90. The molecule has 3 N–H and O–H groups in total. The van der Waals surface area contributed by atoms with Crippen LogP contribution in [0.25, 0.3) is 10.9 Å². The molecule has 3 unspecified atom stereocenters. The number of aromatic nitrogens is 1.